The maximum absolute atomic E-state index is 13.0. The fraction of sp³-hybridized carbons (Fsp3) is 0.923. The molecule has 96 heavy (non-hydrogen) atoms. The Hall–Kier alpha value is -2.21. The third kappa shape index (κ3) is 12.9. The van der Waals surface area contributed by atoms with Crippen LogP contribution in [0.3, 0.4) is 0 Å². The standard InChI is InChI=1S/C65H104O31/c1-25-35(70)39(74)43(78)54(87-25)86-23-31-38(73)41(76)52(96-55-44(79)40(75)37(72)29(20-66)88-55)59(90-31)92-48-30(21-67)89-56(45(80)42(48)77)95-51-36(71)28(69)22-85-58(51)93-49-46(81)50(53(83)84)94-57(47(49)82)91-34-12-13-62(5)32(63(34,6)24-68)11-14-65(8)33(62)10-9-26-27-19-60(2,3)15-16-61(27,4)17-18-64(26,65)7/h9,17-18,25,27-52,54-59,66-82H,10-16,19-24H2,1-8H3,(H,83,84)/t25-,27-,28-,29+,30+,31+,32+,33+,34-,35-,36-,37+,38+,39+,40-,41-,42+,43+,44+,45+,46-,47+,48-,49-,50-,51+,52+,54+,55-,56-,57+,58-,59-,61+,62-,63-,64+,65+/m0/s1. The Balaban J connectivity index is 0.794. The quantitative estimate of drug-likeness (QED) is 0.0483. The minimum atomic E-state index is -2.30. The molecule has 9 fully saturated rings. The summed E-state index contributed by atoms with van der Waals surface area (Å²) < 4.78 is 70.9. The highest BCUT2D eigenvalue weighted by Crippen LogP contribution is 2.74. The zero-order valence-corrected chi connectivity index (χ0v) is 55.3. The molecule has 0 unspecified atom stereocenters. The Kier molecular flexibility index (Phi) is 21.9. The first-order chi connectivity index (χ1) is 45.0. The van der Waals surface area contributed by atoms with Crippen molar-refractivity contribution in [1.82, 2.24) is 0 Å². The van der Waals surface area contributed by atoms with Crippen LogP contribution in [0.5, 0.6) is 0 Å². The molecule has 6 heterocycles. The molecule has 0 bridgehead atoms. The summed E-state index contributed by atoms with van der Waals surface area (Å²) in [6.07, 6.45) is -42.5. The summed E-state index contributed by atoms with van der Waals surface area (Å²) in [5.74, 6) is -1.19. The summed E-state index contributed by atoms with van der Waals surface area (Å²) in [4.78, 5) is 13.0. The van der Waals surface area contributed by atoms with Crippen molar-refractivity contribution in [3.8, 4) is 0 Å². The zero-order valence-electron chi connectivity index (χ0n) is 55.3. The molecule has 5 aliphatic carbocycles. The number of aliphatic hydroxyl groups is 17. The molecule has 0 aromatic heterocycles. The van der Waals surface area contributed by atoms with Crippen LogP contribution in [0.4, 0.5) is 0 Å². The number of hydrogen-bond acceptors (Lipinski definition) is 30. The topological polar surface area (TPSA) is 492 Å². The molecule has 0 aromatic carbocycles. The minimum absolute atomic E-state index is 0.0764. The molecule has 3 saturated carbocycles. The lowest BCUT2D eigenvalue weighted by Gasteiger charge is -2.70. The lowest BCUT2D eigenvalue weighted by atomic mass is 9.34. The molecule has 11 aliphatic rings. The summed E-state index contributed by atoms with van der Waals surface area (Å²) in [7, 11) is 0. The van der Waals surface area contributed by atoms with Gasteiger partial charge in [0.05, 0.1) is 45.2 Å². The molecule has 6 aliphatic heterocycles. The Morgan fingerprint density at radius 3 is 1.75 bits per heavy atom. The molecule has 0 aromatic rings. The third-order valence-electron chi connectivity index (χ3n) is 24.8. The fourth-order valence-electron chi connectivity index (χ4n) is 18.5. The molecule has 31 heteroatoms. The number of aliphatic carboxylic acids is 1. The van der Waals surface area contributed by atoms with Crippen molar-refractivity contribution in [3.05, 3.63) is 23.8 Å². The lowest BCUT2D eigenvalue weighted by molar-refractivity contribution is -0.402. The normalized spacial score (nSPS) is 55.0. The van der Waals surface area contributed by atoms with Crippen LogP contribution < -0.4 is 0 Å². The van der Waals surface area contributed by atoms with Crippen molar-refractivity contribution in [2.45, 2.75) is 291 Å². The van der Waals surface area contributed by atoms with Gasteiger partial charge in [0.15, 0.2) is 43.8 Å². The van der Waals surface area contributed by atoms with E-state index in [1.165, 1.54) is 12.5 Å². The van der Waals surface area contributed by atoms with E-state index in [9.17, 15) is 96.7 Å². The number of rotatable bonds is 17. The molecular formula is C65H104O31. The van der Waals surface area contributed by atoms with Crippen LogP contribution in [0.15, 0.2) is 23.8 Å². The predicted octanol–water partition coefficient (Wildman–Crippen LogP) is -4.38. The largest absolute Gasteiger partial charge is 0.479 e. The highest BCUT2D eigenvalue weighted by Gasteiger charge is 2.69. The van der Waals surface area contributed by atoms with Gasteiger partial charge < -0.3 is 149 Å². The average molecular weight is 1380 g/mol. The van der Waals surface area contributed by atoms with E-state index >= 15 is 0 Å². The predicted molar refractivity (Wildman–Crippen MR) is 321 cm³/mol. The van der Waals surface area contributed by atoms with Crippen molar-refractivity contribution in [1.29, 1.82) is 0 Å². The van der Waals surface area contributed by atoms with Gasteiger partial charge in [0.2, 0.25) is 0 Å². The Morgan fingerprint density at radius 2 is 1.09 bits per heavy atom. The van der Waals surface area contributed by atoms with Crippen LogP contribution in [0.2, 0.25) is 0 Å². The van der Waals surface area contributed by atoms with Crippen LogP contribution in [-0.4, -0.2) is 315 Å². The first-order valence-electron chi connectivity index (χ1n) is 33.8. The van der Waals surface area contributed by atoms with E-state index in [2.05, 4.69) is 59.8 Å². The molecule has 0 amide bonds. The summed E-state index contributed by atoms with van der Waals surface area (Å²) in [6.45, 7) is 13.8. The molecule has 11 rings (SSSR count). The van der Waals surface area contributed by atoms with Gasteiger partial charge in [-0.25, -0.2) is 4.79 Å². The second-order valence-corrected chi connectivity index (χ2v) is 31.1. The number of carboxylic acid groups (broad SMARTS) is 1. The number of ether oxygens (including phenoxy) is 12. The summed E-state index contributed by atoms with van der Waals surface area (Å²) in [5.41, 5.74) is 0.187. The number of carboxylic acids is 1. The fourth-order valence-corrected chi connectivity index (χ4v) is 18.5. The molecule has 0 radical (unpaired) electrons. The molecule has 0 spiro atoms. The van der Waals surface area contributed by atoms with Crippen molar-refractivity contribution in [2.24, 2.45) is 50.2 Å². The lowest BCUT2D eigenvalue weighted by Crippen LogP contribution is -2.68. The first kappa shape index (κ1) is 75.0. The minimum Gasteiger partial charge on any atom is -0.479 e. The summed E-state index contributed by atoms with van der Waals surface area (Å²) in [6, 6.07) is 0. The van der Waals surface area contributed by atoms with E-state index in [0.717, 1.165) is 38.5 Å². The summed E-state index contributed by atoms with van der Waals surface area (Å²) >= 11 is 0. The molecule has 18 N–H and O–H groups in total. The van der Waals surface area contributed by atoms with Gasteiger partial charge in [-0.1, -0.05) is 72.3 Å². The maximum atomic E-state index is 13.0. The summed E-state index contributed by atoms with van der Waals surface area (Å²) in [5, 5.41) is 199. The molecular weight excluding hydrogens is 1280 g/mol. The number of hydrogen-bond donors (Lipinski definition) is 18. The van der Waals surface area contributed by atoms with Gasteiger partial charge in [0, 0.05) is 10.8 Å². The van der Waals surface area contributed by atoms with Crippen molar-refractivity contribution in [3.63, 3.8) is 0 Å². The van der Waals surface area contributed by atoms with Gasteiger partial charge in [0.25, 0.3) is 0 Å². The smallest absolute Gasteiger partial charge is 0.335 e. The average Bonchev–Trinajstić information content (AvgIpc) is 0.677. The Labute approximate surface area is 555 Å². The number of fused-ring (bicyclic) bond motifs is 7. The van der Waals surface area contributed by atoms with Gasteiger partial charge in [-0.3, -0.25) is 0 Å². The van der Waals surface area contributed by atoms with Crippen LogP contribution >= 0.6 is 0 Å². The monoisotopic (exact) mass is 1380 g/mol. The maximum Gasteiger partial charge on any atom is 0.335 e. The first-order valence-corrected chi connectivity index (χ1v) is 33.8. The Bertz CT molecular complexity index is 2740. The van der Waals surface area contributed by atoms with Crippen LogP contribution in [0.1, 0.15) is 107 Å². The van der Waals surface area contributed by atoms with E-state index in [1.54, 1.807) is 0 Å². The second kappa shape index (κ2) is 28.1. The van der Waals surface area contributed by atoms with Crippen molar-refractivity contribution < 1.29 is 154 Å². The molecule has 38 atom stereocenters. The van der Waals surface area contributed by atoms with Crippen LogP contribution in [0, 0.1) is 50.2 Å². The van der Waals surface area contributed by atoms with Gasteiger partial charge >= 0.3 is 5.97 Å². The van der Waals surface area contributed by atoms with Gasteiger partial charge in [-0.05, 0) is 97.7 Å². The van der Waals surface area contributed by atoms with Gasteiger partial charge in [0.1, 0.15) is 128 Å². The van der Waals surface area contributed by atoms with E-state index in [4.69, 9.17) is 56.8 Å². The SMILES string of the molecule is C[C@@H]1O[C@@H](OC[C@H]2O[C@@H](O[C@@H]3[C@H](O)[C@@H](O)[C@H](O[C@H]4[C@H](O[C@@H]5[C@@H](O)[C@H](O[C@H]6CC[C@@]7(C)[C@@H](CC[C@]8(C)[C@@H]7CC=C7[C@@H]9CC(C)(C)CC[C@]9(C)C=C[C@]78C)[C@]6(C)CO)O[C@H](C(=O)O)[C@H]5O)OC[C@H](O)[C@@H]4O)O[C@@H]3CO)[C@H](O[C@@H]3O[C@H](CO)[C@@H](O)[C@H](O)[C@H]3O)[C@@H](O)[C@@H]2O)[C@H](O)[C@H](O)[C@H]1O. The van der Waals surface area contributed by atoms with E-state index < -0.39 is 222 Å². The number of aliphatic hydroxyl groups excluding tert-OH is 17. The van der Waals surface area contributed by atoms with E-state index in [-0.39, 0.29) is 45.5 Å². The number of allylic oxidation sites excluding steroid dienone is 4. The highest BCUT2D eigenvalue weighted by atomic mass is 16.8. The third-order valence-corrected chi connectivity index (χ3v) is 24.8. The Morgan fingerprint density at radius 1 is 0.521 bits per heavy atom. The van der Waals surface area contributed by atoms with E-state index in [0.29, 0.717) is 18.8 Å². The molecule has 31 nitrogen and oxygen atoms in total. The zero-order chi connectivity index (χ0) is 70.0. The van der Waals surface area contributed by atoms with Crippen LogP contribution in [-0.2, 0) is 61.6 Å². The van der Waals surface area contributed by atoms with Crippen molar-refractivity contribution in [2.75, 3.05) is 33.0 Å². The number of carbonyl (C=O) groups is 1. The van der Waals surface area contributed by atoms with Gasteiger partial charge in [-0.2, -0.15) is 0 Å². The van der Waals surface area contributed by atoms with Crippen LogP contribution in [0.25, 0.3) is 0 Å². The van der Waals surface area contributed by atoms with E-state index in [1.807, 2.05) is 6.92 Å². The highest BCUT2D eigenvalue weighted by molar-refractivity contribution is 5.73. The van der Waals surface area contributed by atoms with Gasteiger partial charge in [-0.15, -0.1) is 0 Å². The molecule has 550 valence electrons. The second-order valence-electron chi connectivity index (χ2n) is 31.1. The van der Waals surface area contributed by atoms with Crippen molar-refractivity contribution >= 4 is 5.97 Å². The molecule has 6 saturated heterocycles.